The zero-order valence-corrected chi connectivity index (χ0v) is 11.1. The Bertz CT molecular complexity index is 303. The molecule has 4 rings (SSSR count). The van der Waals surface area contributed by atoms with Crippen molar-refractivity contribution in [2.24, 2.45) is 23.7 Å². The highest BCUT2D eigenvalue weighted by Crippen LogP contribution is 2.58. The molecule has 0 aromatic heterocycles. The molecule has 4 fully saturated rings. The van der Waals surface area contributed by atoms with Crippen molar-refractivity contribution >= 4 is 0 Å². The second-order valence-electron chi connectivity index (χ2n) is 6.74. The highest BCUT2D eigenvalue weighted by Gasteiger charge is 2.53. The number of hydrogen-bond donors (Lipinski definition) is 1. The summed E-state index contributed by atoms with van der Waals surface area (Å²) in [6.07, 6.45) is 7.76. The highest BCUT2D eigenvalue weighted by atomic mass is 16.6. The number of ether oxygens (including phenoxy) is 2. The molecule has 3 nitrogen and oxygen atoms in total. The van der Waals surface area contributed by atoms with Gasteiger partial charge in [-0.05, 0) is 49.4 Å². The van der Waals surface area contributed by atoms with Crippen molar-refractivity contribution in [2.45, 2.75) is 44.2 Å². The van der Waals surface area contributed by atoms with Crippen LogP contribution in [0.15, 0.2) is 0 Å². The summed E-state index contributed by atoms with van der Waals surface area (Å²) in [7, 11) is 0. The van der Waals surface area contributed by atoms with Gasteiger partial charge in [-0.3, -0.25) is 0 Å². The van der Waals surface area contributed by atoms with E-state index in [9.17, 15) is 0 Å². The van der Waals surface area contributed by atoms with Crippen molar-refractivity contribution in [2.75, 3.05) is 26.4 Å². The zero-order valence-electron chi connectivity index (χ0n) is 11.1. The molecular formula is C15H25NO2. The molecule has 0 radical (unpaired) electrons. The predicted molar refractivity (Wildman–Crippen MR) is 69.4 cm³/mol. The van der Waals surface area contributed by atoms with Gasteiger partial charge in [0.25, 0.3) is 0 Å². The molecule has 18 heavy (non-hydrogen) atoms. The molecule has 0 spiro atoms. The molecule has 1 N–H and O–H groups in total. The van der Waals surface area contributed by atoms with Gasteiger partial charge < -0.3 is 14.8 Å². The van der Waals surface area contributed by atoms with Gasteiger partial charge in [0.1, 0.15) is 0 Å². The van der Waals surface area contributed by atoms with Gasteiger partial charge in [0.05, 0.1) is 25.9 Å². The Balaban J connectivity index is 1.31. The van der Waals surface area contributed by atoms with Crippen LogP contribution < -0.4 is 5.32 Å². The second kappa shape index (κ2) is 4.77. The molecule has 1 saturated heterocycles. The van der Waals surface area contributed by atoms with Crippen LogP contribution in [0.3, 0.4) is 0 Å². The second-order valence-corrected chi connectivity index (χ2v) is 6.74. The molecule has 3 heteroatoms. The number of fused-ring (bicyclic) bond motifs is 5. The first-order valence-electron chi connectivity index (χ1n) is 7.84. The van der Waals surface area contributed by atoms with Crippen molar-refractivity contribution < 1.29 is 9.47 Å². The van der Waals surface area contributed by atoms with E-state index in [4.69, 9.17) is 9.47 Å². The molecule has 1 heterocycles. The van der Waals surface area contributed by atoms with Crippen LogP contribution in [-0.4, -0.2) is 38.5 Å². The molecule has 3 aliphatic carbocycles. The number of rotatable bonds is 3. The highest BCUT2D eigenvalue weighted by molar-refractivity contribution is 5.05. The van der Waals surface area contributed by atoms with Crippen LogP contribution in [0.4, 0.5) is 0 Å². The van der Waals surface area contributed by atoms with Gasteiger partial charge in [-0.2, -0.15) is 0 Å². The predicted octanol–water partition coefficient (Wildman–Crippen LogP) is 1.82. The standard InChI is InChI=1S/C15H25NO2/c1-2-12-10-6-14(13(12)3-1)15(7-10)16-8-11-9-17-4-5-18-11/h10-16H,1-9H2. The lowest BCUT2D eigenvalue weighted by atomic mass is 9.79. The van der Waals surface area contributed by atoms with Crippen molar-refractivity contribution in [3.63, 3.8) is 0 Å². The Morgan fingerprint density at radius 2 is 1.94 bits per heavy atom. The first-order chi connectivity index (χ1) is 8.92. The van der Waals surface area contributed by atoms with Crippen LogP contribution in [-0.2, 0) is 9.47 Å². The van der Waals surface area contributed by atoms with Gasteiger partial charge in [0.2, 0.25) is 0 Å². The van der Waals surface area contributed by atoms with Gasteiger partial charge >= 0.3 is 0 Å². The van der Waals surface area contributed by atoms with Gasteiger partial charge in [0, 0.05) is 12.6 Å². The van der Waals surface area contributed by atoms with Crippen LogP contribution in [0.25, 0.3) is 0 Å². The topological polar surface area (TPSA) is 30.5 Å². The van der Waals surface area contributed by atoms with Gasteiger partial charge in [0.15, 0.2) is 0 Å². The fraction of sp³-hybridized carbons (Fsp3) is 1.00. The minimum absolute atomic E-state index is 0.289. The van der Waals surface area contributed by atoms with Crippen molar-refractivity contribution in [1.29, 1.82) is 0 Å². The molecule has 3 saturated carbocycles. The zero-order chi connectivity index (χ0) is 11.9. The van der Waals surface area contributed by atoms with E-state index in [1.807, 2.05) is 0 Å². The normalized spacial score (nSPS) is 50.7. The summed E-state index contributed by atoms with van der Waals surface area (Å²) in [5.74, 6) is 4.18. The molecule has 4 aliphatic rings. The van der Waals surface area contributed by atoms with Crippen LogP contribution in [0, 0.1) is 23.7 Å². The summed E-state index contributed by atoms with van der Waals surface area (Å²) in [5, 5.41) is 3.79. The van der Waals surface area contributed by atoms with E-state index in [-0.39, 0.29) is 6.10 Å². The van der Waals surface area contributed by atoms with Crippen LogP contribution in [0.5, 0.6) is 0 Å². The largest absolute Gasteiger partial charge is 0.376 e. The third-order valence-electron chi connectivity index (χ3n) is 5.92. The fourth-order valence-corrected chi connectivity index (χ4v) is 5.24. The van der Waals surface area contributed by atoms with Gasteiger partial charge in [-0.1, -0.05) is 6.42 Å². The average molecular weight is 251 g/mol. The van der Waals surface area contributed by atoms with E-state index in [2.05, 4.69) is 5.32 Å². The SMILES string of the molecule is C1CC2C3CC(NCC4COCCO4)C(C3)C2C1. The van der Waals surface area contributed by atoms with Crippen molar-refractivity contribution in [3.8, 4) is 0 Å². The summed E-state index contributed by atoms with van der Waals surface area (Å²) < 4.78 is 11.2. The maximum absolute atomic E-state index is 5.72. The van der Waals surface area contributed by atoms with Gasteiger partial charge in [-0.15, -0.1) is 0 Å². The molecule has 0 amide bonds. The monoisotopic (exact) mass is 251 g/mol. The molecular weight excluding hydrogens is 226 g/mol. The smallest absolute Gasteiger partial charge is 0.0933 e. The van der Waals surface area contributed by atoms with E-state index in [1.54, 1.807) is 0 Å². The van der Waals surface area contributed by atoms with Crippen LogP contribution in [0.2, 0.25) is 0 Å². The molecule has 0 aromatic rings. The molecule has 0 aromatic carbocycles. The van der Waals surface area contributed by atoms with Crippen LogP contribution in [0.1, 0.15) is 32.1 Å². The Morgan fingerprint density at radius 1 is 1.00 bits per heavy atom. The third-order valence-corrected chi connectivity index (χ3v) is 5.92. The Hall–Kier alpha value is -0.120. The quantitative estimate of drug-likeness (QED) is 0.830. The lowest BCUT2D eigenvalue weighted by Crippen LogP contribution is -2.45. The molecule has 6 unspecified atom stereocenters. The summed E-state index contributed by atoms with van der Waals surface area (Å²) in [6, 6.07) is 0.778. The first-order valence-corrected chi connectivity index (χ1v) is 7.84. The molecule has 6 atom stereocenters. The van der Waals surface area contributed by atoms with Gasteiger partial charge in [-0.25, -0.2) is 0 Å². The third kappa shape index (κ3) is 1.91. The van der Waals surface area contributed by atoms with E-state index < -0.39 is 0 Å². The maximum atomic E-state index is 5.72. The lowest BCUT2D eigenvalue weighted by Gasteiger charge is -2.33. The summed E-state index contributed by atoms with van der Waals surface area (Å²) in [6.45, 7) is 3.31. The Labute approximate surface area is 110 Å². The fourth-order valence-electron chi connectivity index (χ4n) is 5.24. The molecule has 102 valence electrons. The van der Waals surface area contributed by atoms with Crippen molar-refractivity contribution in [1.82, 2.24) is 5.32 Å². The maximum Gasteiger partial charge on any atom is 0.0933 e. The van der Waals surface area contributed by atoms with Crippen molar-refractivity contribution in [3.05, 3.63) is 0 Å². The van der Waals surface area contributed by atoms with E-state index >= 15 is 0 Å². The first kappa shape index (κ1) is 11.7. The van der Waals surface area contributed by atoms with Crippen LogP contribution >= 0.6 is 0 Å². The Morgan fingerprint density at radius 3 is 2.83 bits per heavy atom. The lowest BCUT2D eigenvalue weighted by molar-refractivity contribution is -0.0877. The average Bonchev–Trinajstić information content (AvgIpc) is 3.09. The minimum atomic E-state index is 0.289. The van der Waals surface area contributed by atoms with E-state index in [1.165, 1.54) is 32.1 Å². The summed E-state index contributed by atoms with van der Waals surface area (Å²) >= 11 is 0. The number of nitrogens with one attached hydrogen (secondary N) is 1. The number of hydrogen-bond acceptors (Lipinski definition) is 3. The molecule has 1 aliphatic heterocycles. The van der Waals surface area contributed by atoms with E-state index in [0.29, 0.717) is 0 Å². The Kier molecular flexibility index (Phi) is 3.10. The summed E-state index contributed by atoms with van der Waals surface area (Å²) in [4.78, 5) is 0. The van der Waals surface area contributed by atoms with E-state index in [0.717, 1.165) is 56.1 Å². The summed E-state index contributed by atoms with van der Waals surface area (Å²) in [5.41, 5.74) is 0. The minimum Gasteiger partial charge on any atom is -0.376 e. The molecule has 2 bridgehead atoms.